The maximum Gasteiger partial charge on any atom is 0.343 e. The van der Waals surface area contributed by atoms with E-state index in [0.29, 0.717) is 17.1 Å². The highest BCUT2D eigenvalue weighted by Gasteiger charge is 2.49. The average Bonchev–Trinajstić information content (AvgIpc) is 3.15. The van der Waals surface area contributed by atoms with Crippen LogP contribution in [0.25, 0.3) is 0 Å². The minimum atomic E-state index is -0.971. The number of hydrogen-bond acceptors (Lipinski definition) is 8. The molecule has 0 spiro atoms. The number of carbonyl (C=O) groups excluding carboxylic acids is 1. The molecule has 5 aromatic rings. The molecule has 1 N–H and O–H groups in total. The van der Waals surface area contributed by atoms with E-state index >= 15 is 0 Å². The van der Waals surface area contributed by atoms with Gasteiger partial charge in [-0.1, -0.05) is 109 Å². The van der Waals surface area contributed by atoms with Crippen LogP contribution in [0.3, 0.4) is 0 Å². The summed E-state index contributed by atoms with van der Waals surface area (Å²) < 4.78 is 37.9. The molecule has 8 nitrogen and oxygen atoms in total. The van der Waals surface area contributed by atoms with Gasteiger partial charge in [-0.25, -0.2) is 4.79 Å². The first-order chi connectivity index (χ1) is 23.7. The van der Waals surface area contributed by atoms with Gasteiger partial charge in [0.15, 0.2) is 0 Å². The fourth-order valence-corrected chi connectivity index (χ4v) is 5.45. The summed E-state index contributed by atoms with van der Waals surface area (Å²) in [6.45, 7) is 0.513. The van der Waals surface area contributed by atoms with Gasteiger partial charge in [0.05, 0.1) is 32.0 Å². The molecular formula is C40H38O8. The molecule has 5 atom stereocenters. The van der Waals surface area contributed by atoms with E-state index in [1.807, 2.05) is 97.1 Å². The van der Waals surface area contributed by atoms with E-state index in [-0.39, 0.29) is 26.4 Å². The first-order valence-corrected chi connectivity index (χ1v) is 15.9. The van der Waals surface area contributed by atoms with Gasteiger partial charge in [-0.15, -0.1) is 0 Å². The van der Waals surface area contributed by atoms with Crippen LogP contribution in [-0.4, -0.2) is 48.4 Å². The normalized spacial score (nSPS) is 20.6. The van der Waals surface area contributed by atoms with Gasteiger partial charge in [-0.3, -0.25) is 0 Å². The van der Waals surface area contributed by atoms with Gasteiger partial charge < -0.3 is 33.5 Å². The average molecular weight is 647 g/mol. The summed E-state index contributed by atoms with van der Waals surface area (Å²) in [6.07, 6.45) is -3.87. The van der Waals surface area contributed by atoms with Gasteiger partial charge in [0.25, 0.3) is 0 Å². The summed E-state index contributed by atoms with van der Waals surface area (Å²) in [7, 11) is 0. The minimum Gasteiger partial charge on any atom is -0.462 e. The molecule has 0 bridgehead atoms. The molecule has 1 saturated heterocycles. The number of aliphatic hydroxyl groups excluding tert-OH is 1. The zero-order chi connectivity index (χ0) is 33.0. The van der Waals surface area contributed by atoms with E-state index in [1.54, 1.807) is 48.5 Å². The SMILES string of the molecule is O=C(Oc1ccc(O[C@@H]2O[C@H](CO)[C@@H](OCc3ccccc3)[C@H](OCc3ccccc3)[C@H]2OCc2ccccc2)cc1)c1ccccc1. The summed E-state index contributed by atoms with van der Waals surface area (Å²) in [6, 6.07) is 44.9. The monoisotopic (exact) mass is 646 g/mol. The highest BCUT2D eigenvalue weighted by Crippen LogP contribution is 2.32. The first kappa shape index (κ1) is 33.1. The van der Waals surface area contributed by atoms with Gasteiger partial charge in [0, 0.05) is 0 Å². The number of rotatable bonds is 14. The van der Waals surface area contributed by atoms with Crippen molar-refractivity contribution in [3.8, 4) is 11.5 Å². The number of hydrogen-bond donors (Lipinski definition) is 1. The Kier molecular flexibility index (Phi) is 11.6. The molecule has 1 fully saturated rings. The van der Waals surface area contributed by atoms with Crippen molar-refractivity contribution in [3.63, 3.8) is 0 Å². The van der Waals surface area contributed by atoms with Gasteiger partial charge in [0.2, 0.25) is 6.29 Å². The summed E-state index contributed by atoms with van der Waals surface area (Å²) in [5.74, 6) is 0.360. The first-order valence-electron chi connectivity index (χ1n) is 15.9. The number of benzene rings is 5. The quantitative estimate of drug-likeness (QED) is 0.105. The fraction of sp³-hybridized carbons (Fsp3) is 0.225. The molecule has 0 aromatic heterocycles. The Morgan fingerprint density at radius 1 is 0.542 bits per heavy atom. The van der Waals surface area contributed by atoms with Gasteiger partial charge in [0.1, 0.15) is 35.9 Å². The molecule has 8 heteroatoms. The predicted octanol–water partition coefficient (Wildman–Crippen LogP) is 6.76. The second-order valence-corrected chi connectivity index (χ2v) is 11.4. The van der Waals surface area contributed by atoms with Crippen LogP contribution in [0.15, 0.2) is 146 Å². The minimum absolute atomic E-state index is 0.267. The van der Waals surface area contributed by atoms with Crippen molar-refractivity contribution in [3.05, 3.63) is 168 Å². The van der Waals surface area contributed by atoms with E-state index in [4.69, 9.17) is 28.4 Å². The maximum absolute atomic E-state index is 12.6. The molecule has 0 aliphatic carbocycles. The molecule has 1 aliphatic rings. The van der Waals surface area contributed by atoms with Crippen molar-refractivity contribution in [2.75, 3.05) is 6.61 Å². The van der Waals surface area contributed by atoms with Crippen LogP contribution in [0.2, 0.25) is 0 Å². The lowest BCUT2D eigenvalue weighted by atomic mass is 9.97. The lowest BCUT2D eigenvalue weighted by molar-refractivity contribution is -0.308. The van der Waals surface area contributed by atoms with E-state index in [2.05, 4.69) is 0 Å². The molecule has 0 saturated carbocycles. The molecule has 0 unspecified atom stereocenters. The van der Waals surface area contributed by atoms with Crippen molar-refractivity contribution >= 4 is 5.97 Å². The Hall–Kier alpha value is -4.83. The summed E-state index contributed by atoms with van der Waals surface area (Å²) >= 11 is 0. The van der Waals surface area contributed by atoms with Crippen molar-refractivity contribution < 1.29 is 38.3 Å². The zero-order valence-electron chi connectivity index (χ0n) is 26.4. The zero-order valence-corrected chi connectivity index (χ0v) is 26.4. The molecule has 1 heterocycles. The molecule has 0 radical (unpaired) electrons. The molecular weight excluding hydrogens is 608 g/mol. The van der Waals surface area contributed by atoms with E-state index in [0.717, 1.165) is 16.7 Å². The highest BCUT2D eigenvalue weighted by atomic mass is 16.7. The van der Waals surface area contributed by atoms with Crippen LogP contribution in [0.4, 0.5) is 0 Å². The topological polar surface area (TPSA) is 92.7 Å². The largest absolute Gasteiger partial charge is 0.462 e. The smallest absolute Gasteiger partial charge is 0.343 e. The van der Waals surface area contributed by atoms with Gasteiger partial charge in [-0.05, 0) is 53.1 Å². The Morgan fingerprint density at radius 2 is 0.979 bits per heavy atom. The fourth-order valence-electron chi connectivity index (χ4n) is 5.45. The van der Waals surface area contributed by atoms with Crippen LogP contribution in [-0.2, 0) is 38.8 Å². The van der Waals surface area contributed by atoms with Crippen LogP contribution in [0.1, 0.15) is 27.0 Å². The number of ether oxygens (including phenoxy) is 6. The molecule has 6 rings (SSSR count). The molecule has 246 valence electrons. The molecule has 48 heavy (non-hydrogen) atoms. The van der Waals surface area contributed by atoms with Crippen LogP contribution >= 0.6 is 0 Å². The van der Waals surface area contributed by atoms with E-state index in [9.17, 15) is 9.90 Å². The molecule has 1 aliphatic heterocycles. The summed E-state index contributed by atoms with van der Waals surface area (Å²) in [5.41, 5.74) is 3.37. The predicted molar refractivity (Wildman–Crippen MR) is 179 cm³/mol. The maximum atomic E-state index is 12.6. The third-order valence-electron chi connectivity index (χ3n) is 7.92. The number of carbonyl (C=O) groups is 1. The summed E-state index contributed by atoms with van der Waals surface area (Å²) in [4.78, 5) is 12.6. The molecule has 5 aromatic carbocycles. The standard InChI is InChI=1S/C40H38O8/c41-25-35-36(43-26-29-13-5-1-6-14-29)37(44-27-30-15-7-2-8-16-30)38(45-28-31-17-9-3-10-18-31)40(48-35)47-34-23-21-33(22-24-34)46-39(42)32-19-11-4-12-20-32/h1-24,35-38,40-41H,25-28H2/t35-,36-,37+,38-,40-/m1/s1. The van der Waals surface area contributed by atoms with Crippen LogP contribution in [0.5, 0.6) is 11.5 Å². The van der Waals surface area contributed by atoms with Crippen molar-refractivity contribution in [1.82, 2.24) is 0 Å². The van der Waals surface area contributed by atoms with Crippen molar-refractivity contribution in [2.45, 2.75) is 50.5 Å². The van der Waals surface area contributed by atoms with Crippen LogP contribution in [0, 0.1) is 0 Å². The second-order valence-electron chi connectivity index (χ2n) is 11.4. The van der Waals surface area contributed by atoms with Gasteiger partial charge >= 0.3 is 5.97 Å². The Morgan fingerprint density at radius 3 is 1.48 bits per heavy atom. The van der Waals surface area contributed by atoms with Crippen molar-refractivity contribution in [2.24, 2.45) is 0 Å². The number of esters is 1. The number of aliphatic hydroxyl groups is 1. The van der Waals surface area contributed by atoms with Crippen LogP contribution < -0.4 is 9.47 Å². The third-order valence-corrected chi connectivity index (χ3v) is 7.92. The summed E-state index contributed by atoms with van der Waals surface area (Å²) in [5, 5.41) is 10.5. The van der Waals surface area contributed by atoms with E-state index < -0.39 is 36.7 Å². The third kappa shape index (κ3) is 8.95. The van der Waals surface area contributed by atoms with E-state index in [1.165, 1.54) is 0 Å². The van der Waals surface area contributed by atoms with Crippen molar-refractivity contribution in [1.29, 1.82) is 0 Å². The lowest BCUT2D eigenvalue weighted by Gasteiger charge is -2.45. The van der Waals surface area contributed by atoms with Gasteiger partial charge in [-0.2, -0.15) is 0 Å². The highest BCUT2D eigenvalue weighted by molar-refractivity contribution is 5.90. The Labute approximate surface area is 280 Å². The Balaban J connectivity index is 1.25. The lowest BCUT2D eigenvalue weighted by Crippen LogP contribution is -2.62. The molecule has 0 amide bonds. The second kappa shape index (κ2) is 16.8. The Bertz CT molecular complexity index is 1670.